The first-order valence-electron chi connectivity index (χ1n) is 5.33. The first kappa shape index (κ1) is 10.3. The predicted molar refractivity (Wildman–Crippen MR) is 62.4 cm³/mol. The summed E-state index contributed by atoms with van der Waals surface area (Å²) in [6, 6.07) is 9.16. The van der Waals surface area contributed by atoms with Gasteiger partial charge in [-0.1, -0.05) is 0 Å². The van der Waals surface area contributed by atoms with E-state index in [0.717, 1.165) is 18.6 Å². The van der Waals surface area contributed by atoms with E-state index in [0.29, 0.717) is 12.1 Å². The molecule has 0 unspecified atom stereocenters. The van der Waals surface area contributed by atoms with E-state index >= 15 is 0 Å². The molecule has 0 radical (unpaired) electrons. The highest BCUT2D eigenvalue weighted by Gasteiger charge is 2.29. The van der Waals surface area contributed by atoms with Crippen LogP contribution in [0.3, 0.4) is 0 Å². The van der Waals surface area contributed by atoms with Gasteiger partial charge in [0.15, 0.2) is 0 Å². The molecule has 0 bridgehead atoms. The standard InChI is InChI=1S/C12H18N2O/c1-14(11-7-9(13)8-11)10-3-5-12(15-2)6-4-10/h3-6,9,11H,7-8,13H2,1-2H3. The summed E-state index contributed by atoms with van der Waals surface area (Å²) in [7, 11) is 3.81. The Labute approximate surface area is 90.8 Å². The second kappa shape index (κ2) is 4.11. The zero-order valence-electron chi connectivity index (χ0n) is 9.31. The number of hydrogen-bond donors (Lipinski definition) is 1. The van der Waals surface area contributed by atoms with Crippen LogP contribution in [0.15, 0.2) is 24.3 Å². The summed E-state index contributed by atoms with van der Waals surface area (Å²) in [5.41, 5.74) is 7.01. The smallest absolute Gasteiger partial charge is 0.119 e. The fourth-order valence-corrected chi connectivity index (χ4v) is 1.97. The monoisotopic (exact) mass is 206 g/mol. The van der Waals surface area contributed by atoms with Crippen LogP contribution >= 0.6 is 0 Å². The van der Waals surface area contributed by atoms with Crippen LogP contribution in [0, 0.1) is 0 Å². The van der Waals surface area contributed by atoms with Gasteiger partial charge in [-0.25, -0.2) is 0 Å². The third-order valence-electron chi connectivity index (χ3n) is 3.18. The van der Waals surface area contributed by atoms with Crippen LogP contribution in [0.5, 0.6) is 5.75 Å². The van der Waals surface area contributed by atoms with Crippen LogP contribution in [-0.4, -0.2) is 26.2 Å². The van der Waals surface area contributed by atoms with Gasteiger partial charge in [-0.15, -0.1) is 0 Å². The molecule has 0 spiro atoms. The average Bonchev–Trinajstić information content (AvgIpc) is 2.24. The Morgan fingerprint density at radius 2 is 1.87 bits per heavy atom. The normalized spacial score (nSPS) is 24.5. The van der Waals surface area contributed by atoms with Crippen molar-refractivity contribution >= 4 is 5.69 Å². The van der Waals surface area contributed by atoms with E-state index in [-0.39, 0.29) is 0 Å². The lowest BCUT2D eigenvalue weighted by Crippen LogP contribution is -2.49. The summed E-state index contributed by atoms with van der Waals surface area (Å²) in [5, 5.41) is 0. The first-order chi connectivity index (χ1) is 7.20. The van der Waals surface area contributed by atoms with Gasteiger partial charge in [0.2, 0.25) is 0 Å². The Balaban J connectivity index is 2.02. The van der Waals surface area contributed by atoms with Gasteiger partial charge in [-0.05, 0) is 37.1 Å². The van der Waals surface area contributed by atoms with Gasteiger partial charge >= 0.3 is 0 Å². The van der Waals surface area contributed by atoms with Crippen LogP contribution in [0.4, 0.5) is 5.69 Å². The lowest BCUT2D eigenvalue weighted by atomic mass is 9.86. The summed E-state index contributed by atoms with van der Waals surface area (Å²) >= 11 is 0. The molecule has 2 rings (SSSR count). The molecule has 1 saturated carbocycles. The summed E-state index contributed by atoms with van der Waals surface area (Å²) in [6.07, 6.45) is 2.20. The third-order valence-corrected chi connectivity index (χ3v) is 3.18. The largest absolute Gasteiger partial charge is 0.497 e. The number of nitrogens with zero attached hydrogens (tertiary/aromatic N) is 1. The van der Waals surface area contributed by atoms with Crippen molar-refractivity contribution in [3.8, 4) is 5.75 Å². The van der Waals surface area contributed by atoms with Crippen molar-refractivity contribution in [2.24, 2.45) is 5.73 Å². The van der Waals surface area contributed by atoms with Crippen molar-refractivity contribution in [1.29, 1.82) is 0 Å². The van der Waals surface area contributed by atoms with E-state index in [1.807, 2.05) is 12.1 Å². The Hall–Kier alpha value is -1.22. The van der Waals surface area contributed by atoms with Crippen LogP contribution < -0.4 is 15.4 Å². The molecule has 1 aliphatic carbocycles. The van der Waals surface area contributed by atoms with Crippen molar-refractivity contribution in [2.75, 3.05) is 19.1 Å². The molecule has 0 heterocycles. The predicted octanol–water partition coefficient (Wildman–Crippen LogP) is 1.62. The Morgan fingerprint density at radius 1 is 1.27 bits per heavy atom. The topological polar surface area (TPSA) is 38.5 Å². The maximum absolute atomic E-state index is 5.78. The highest BCUT2D eigenvalue weighted by molar-refractivity contribution is 5.49. The van der Waals surface area contributed by atoms with Crippen LogP contribution in [0.25, 0.3) is 0 Å². The van der Waals surface area contributed by atoms with Gasteiger partial charge in [0, 0.05) is 24.8 Å². The maximum Gasteiger partial charge on any atom is 0.119 e. The van der Waals surface area contributed by atoms with E-state index < -0.39 is 0 Å². The van der Waals surface area contributed by atoms with Crippen LogP contribution in [-0.2, 0) is 0 Å². The number of rotatable bonds is 3. The van der Waals surface area contributed by atoms with E-state index in [2.05, 4.69) is 24.1 Å². The van der Waals surface area contributed by atoms with E-state index in [1.165, 1.54) is 5.69 Å². The Morgan fingerprint density at radius 3 is 2.33 bits per heavy atom. The van der Waals surface area contributed by atoms with Crippen LogP contribution in [0.2, 0.25) is 0 Å². The Bertz CT molecular complexity index is 317. The molecule has 2 N–H and O–H groups in total. The van der Waals surface area contributed by atoms with E-state index in [1.54, 1.807) is 7.11 Å². The molecule has 82 valence electrons. The molecule has 3 heteroatoms. The quantitative estimate of drug-likeness (QED) is 0.816. The number of nitrogens with two attached hydrogens (primary N) is 1. The molecule has 0 aliphatic heterocycles. The molecular weight excluding hydrogens is 188 g/mol. The number of hydrogen-bond acceptors (Lipinski definition) is 3. The molecule has 1 aliphatic rings. The summed E-state index contributed by atoms with van der Waals surface area (Å²) in [6.45, 7) is 0. The fourth-order valence-electron chi connectivity index (χ4n) is 1.97. The summed E-state index contributed by atoms with van der Waals surface area (Å²) in [4.78, 5) is 2.29. The highest BCUT2D eigenvalue weighted by Crippen LogP contribution is 2.28. The molecule has 0 aromatic heterocycles. The molecule has 1 fully saturated rings. The van der Waals surface area contributed by atoms with Gasteiger partial charge in [0.05, 0.1) is 7.11 Å². The van der Waals surface area contributed by atoms with Crippen molar-refractivity contribution in [3.05, 3.63) is 24.3 Å². The SMILES string of the molecule is COc1ccc(N(C)C2CC(N)C2)cc1. The number of methoxy groups -OCH3 is 1. The molecule has 0 amide bonds. The summed E-state index contributed by atoms with van der Waals surface area (Å²) < 4.78 is 5.13. The second-order valence-electron chi connectivity index (χ2n) is 4.19. The van der Waals surface area contributed by atoms with Gasteiger partial charge < -0.3 is 15.4 Å². The van der Waals surface area contributed by atoms with Gasteiger partial charge in [0.25, 0.3) is 0 Å². The van der Waals surface area contributed by atoms with Crippen molar-refractivity contribution in [3.63, 3.8) is 0 Å². The summed E-state index contributed by atoms with van der Waals surface area (Å²) in [5.74, 6) is 0.900. The lowest BCUT2D eigenvalue weighted by molar-refractivity contribution is 0.340. The first-order valence-corrected chi connectivity index (χ1v) is 5.33. The number of benzene rings is 1. The zero-order chi connectivity index (χ0) is 10.8. The highest BCUT2D eigenvalue weighted by atomic mass is 16.5. The molecule has 15 heavy (non-hydrogen) atoms. The maximum atomic E-state index is 5.78. The second-order valence-corrected chi connectivity index (χ2v) is 4.19. The lowest BCUT2D eigenvalue weighted by Gasteiger charge is -2.40. The zero-order valence-corrected chi connectivity index (χ0v) is 9.31. The molecule has 1 aromatic rings. The Kier molecular flexibility index (Phi) is 2.82. The van der Waals surface area contributed by atoms with E-state index in [4.69, 9.17) is 10.5 Å². The van der Waals surface area contributed by atoms with Gasteiger partial charge in [0.1, 0.15) is 5.75 Å². The molecule has 0 saturated heterocycles. The molecule has 3 nitrogen and oxygen atoms in total. The third kappa shape index (κ3) is 2.07. The van der Waals surface area contributed by atoms with E-state index in [9.17, 15) is 0 Å². The van der Waals surface area contributed by atoms with Crippen molar-refractivity contribution in [2.45, 2.75) is 24.9 Å². The minimum atomic E-state index is 0.399. The number of ether oxygens (including phenoxy) is 1. The van der Waals surface area contributed by atoms with Crippen molar-refractivity contribution < 1.29 is 4.74 Å². The average molecular weight is 206 g/mol. The number of anilines is 1. The molecular formula is C12H18N2O. The fraction of sp³-hybridized carbons (Fsp3) is 0.500. The van der Waals surface area contributed by atoms with Crippen LogP contribution in [0.1, 0.15) is 12.8 Å². The minimum Gasteiger partial charge on any atom is -0.497 e. The molecule has 1 aromatic carbocycles. The molecule has 0 atom stereocenters. The van der Waals surface area contributed by atoms with Gasteiger partial charge in [-0.2, -0.15) is 0 Å². The van der Waals surface area contributed by atoms with Gasteiger partial charge in [-0.3, -0.25) is 0 Å². The van der Waals surface area contributed by atoms with Crippen molar-refractivity contribution in [1.82, 2.24) is 0 Å². The minimum absolute atomic E-state index is 0.399.